The van der Waals surface area contributed by atoms with E-state index in [2.05, 4.69) is 20.4 Å². The fourth-order valence-corrected chi connectivity index (χ4v) is 7.55. The molecule has 3 nitrogen and oxygen atoms in total. The number of aliphatic hydroxyl groups excluding tert-OH is 2. The van der Waals surface area contributed by atoms with Gasteiger partial charge in [-0.15, -0.1) is 0 Å². The average molecular weight is 421 g/mol. The Morgan fingerprint density at radius 3 is 2.57 bits per heavy atom. The Bertz CT molecular complexity index is 579. The standard InChI is InChI=1S/C27H48O3/c1-18-8-12-22(28)17-21(18)11-10-20-7-6-16-27(5)23(13-14-24(20)27)19(2)9-15-25(29)26(3,4)30/h19-25,28-30H,1,6-17H2,2-5H3/t19-,20+,21?,22+,23-,24+,25-,27-/m1/s1. The molecular weight excluding hydrogens is 372 g/mol. The quantitative estimate of drug-likeness (QED) is 0.431. The van der Waals surface area contributed by atoms with Crippen molar-refractivity contribution in [1.82, 2.24) is 0 Å². The lowest BCUT2D eigenvalue weighted by molar-refractivity contribution is -0.0563. The molecule has 0 aromatic heterocycles. The van der Waals surface area contributed by atoms with Crippen molar-refractivity contribution in [3.63, 3.8) is 0 Å². The number of aliphatic hydroxyl groups is 3. The first kappa shape index (κ1) is 24.3. The zero-order valence-corrected chi connectivity index (χ0v) is 20.1. The lowest BCUT2D eigenvalue weighted by atomic mass is 9.58. The molecule has 0 amide bonds. The molecule has 3 N–H and O–H groups in total. The van der Waals surface area contributed by atoms with Gasteiger partial charge in [-0.1, -0.05) is 38.8 Å². The Kier molecular flexibility index (Phi) is 7.79. The van der Waals surface area contributed by atoms with E-state index in [0.717, 1.165) is 43.4 Å². The molecule has 30 heavy (non-hydrogen) atoms. The van der Waals surface area contributed by atoms with E-state index < -0.39 is 11.7 Å². The first-order chi connectivity index (χ1) is 14.0. The van der Waals surface area contributed by atoms with Crippen LogP contribution in [0.4, 0.5) is 0 Å². The van der Waals surface area contributed by atoms with Crippen molar-refractivity contribution in [3.8, 4) is 0 Å². The van der Waals surface area contributed by atoms with Crippen LogP contribution in [0.15, 0.2) is 12.2 Å². The van der Waals surface area contributed by atoms with Gasteiger partial charge in [0.15, 0.2) is 0 Å². The largest absolute Gasteiger partial charge is 0.393 e. The predicted molar refractivity (Wildman–Crippen MR) is 124 cm³/mol. The number of hydrogen-bond acceptors (Lipinski definition) is 3. The maximum atomic E-state index is 10.3. The van der Waals surface area contributed by atoms with Crippen LogP contribution in [-0.2, 0) is 0 Å². The van der Waals surface area contributed by atoms with Gasteiger partial charge in [-0.2, -0.15) is 0 Å². The molecule has 3 heteroatoms. The van der Waals surface area contributed by atoms with Crippen molar-refractivity contribution in [1.29, 1.82) is 0 Å². The van der Waals surface area contributed by atoms with E-state index in [-0.39, 0.29) is 6.10 Å². The summed E-state index contributed by atoms with van der Waals surface area (Å²) in [5.41, 5.74) is 0.807. The van der Waals surface area contributed by atoms with Crippen molar-refractivity contribution in [2.24, 2.45) is 35.0 Å². The Morgan fingerprint density at radius 2 is 1.87 bits per heavy atom. The Hall–Kier alpha value is -0.380. The molecule has 3 aliphatic carbocycles. The highest BCUT2D eigenvalue weighted by Crippen LogP contribution is 2.61. The maximum Gasteiger partial charge on any atom is 0.0849 e. The highest BCUT2D eigenvalue weighted by atomic mass is 16.3. The highest BCUT2D eigenvalue weighted by molar-refractivity contribution is 5.06. The van der Waals surface area contributed by atoms with Crippen molar-refractivity contribution >= 4 is 0 Å². The SMILES string of the molecule is C=C1CC[C@H](O)CC1CC[C@@H]1CCC[C@]2(C)[C@@H]([C@H](C)CC[C@@H](O)C(C)(C)O)CC[C@@H]12. The molecule has 0 spiro atoms. The molecule has 3 rings (SSSR count). The van der Waals surface area contributed by atoms with Crippen molar-refractivity contribution in [2.45, 2.75) is 123 Å². The van der Waals surface area contributed by atoms with Gasteiger partial charge < -0.3 is 15.3 Å². The van der Waals surface area contributed by atoms with E-state index in [1.165, 1.54) is 50.5 Å². The zero-order valence-electron chi connectivity index (χ0n) is 20.1. The van der Waals surface area contributed by atoms with E-state index >= 15 is 0 Å². The van der Waals surface area contributed by atoms with Crippen LogP contribution in [0.3, 0.4) is 0 Å². The molecule has 0 radical (unpaired) electrons. The van der Waals surface area contributed by atoms with Gasteiger partial charge in [0.05, 0.1) is 17.8 Å². The summed E-state index contributed by atoms with van der Waals surface area (Å²) in [5, 5.41) is 30.4. The third kappa shape index (κ3) is 5.33. The molecule has 174 valence electrons. The summed E-state index contributed by atoms with van der Waals surface area (Å²) in [6, 6.07) is 0. The van der Waals surface area contributed by atoms with Gasteiger partial charge in [0, 0.05) is 0 Å². The van der Waals surface area contributed by atoms with Gasteiger partial charge in [0.25, 0.3) is 0 Å². The van der Waals surface area contributed by atoms with Crippen molar-refractivity contribution < 1.29 is 15.3 Å². The summed E-state index contributed by atoms with van der Waals surface area (Å²) >= 11 is 0. The van der Waals surface area contributed by atoms with E-state index in [4.69, 9.17) is 0 Å². The average Bonchev–Trinajstić information content (AvgIpc) is 3.03. The molecule has 3 saturated carbocycles. The molecule has 0 aliphatic heterocycles. The summed E-state index contributed by atoms with van der Waals surface area (Å²) in [4.78, 5) is 0. The maximum absolute atomic E-state index is 10.3. The molecule has 0 bridgehead atoms. The predicted octanol–water partition coefficient (Wildman–Crippen LogP) is 5.86. The third-order valence-corrected chi connectivity index (χ3v) is 9.56. The second-order valence-corrected chi connectivity index (χ2v) is 12.0. The van der Waals surface area contributed by atoms with Crippen LogP contribution in [-0.4, -0.2) is 33.1 Å². The number of fused-ring (bicyclic) bond motifs is 1. The molecule has 3 fully saturated rings. The zero-order chi connectivity index (χ0) is 22.1. The molecule has 3 aliphatic rings. The van der Waals surface area contributed by atoms with Gasteiger partial charge in [-0.05, 0) is 113 Å². The van der Waals surface area contributed by atoms with E-state index in [0.29, 0.717) is 23.7 Å². The topological polar surface area (TPSA) is 60.7 Å². The minimum Gasteiger partial charge on any atom is -0.393 e. The number of hydrogen-bond donors (Lipinski definition) is 3. The van der Waals surface area contributed by atoms with Gasteiger partial charge in [-0.3, -0.25) is 0 Å². The van der Waals surface area contributed by atoms with Gasteiger partial charge in [-0.25, -0.2) is 0 Å². The van der Waals surface area contributed by atoms with Crippen LogP contribution in [0.5, 0.6) is 0 Å². The molecule has 0 aromatic carbocycles. The minimum atomic E-state index is -1.01. The summed E-state index contributed by atoms with van der Waals surface area (Å²) < 4.78 is 0. The van der Waals surface area contributed by atoms with Crippen LogP contribution in [0.25, 0.3) is 0 Å². The van der Waals surface area contributed by atoms with Crippen molar-refractivity contribution in [3.05, 3.63) is 12.2 Å². The molecule has 0 aromatic rings. The first-order valence-electron chi connectivity index (χ1n) is 12.8. The number of rotatable bonds is 8. The number of allylic oxidation sites excluding steroid dienone is 1. The third-order valence-electron chi connectivity index (χ3n) is 9.56. The smallest absolute Gasteiger partial charge is 0.0849 e. The molecular formula is C27H48O3. The van der Waals surface area contributed by atoms with E-state index in [9.17, 15) is 15.3 Å². The van der Waals surface area contributed by atoms with Crippen LogP contribution < -0.4 is 0 Å². The fraction of sp³-hybridized carbons (Fsp3) is 0.926. The van der Waals surface area contributed by atoms with Crippen molar-refractivity contribution in [2.75, 3.05) is 0 Å². The Labute approximate surface area is 185 Å². The first-order valence-corrected chi connectivity index (χ1v) is 12.8. The van der Waals surface area contributed by atoms with Gasteiger partial charge >= 0.3 is 0 Å². The summed E-state index contributed by atoms with van der Waals surface area (Å²) in [6.45, 7) is 12.7. The van der Waals surface area contributed by atoms with Gasteiger partial charge in [0.1, 0.15) is 0 Å². The second kappa shape index (κ2) is 9.63. The Morgan fingerprint density at radius 1 is 1.13 bits per heavy atom. The minimum absolute atomic E-state index is 0.118. The normalized spacial score (nSPS) is 39.6. The molecule has 8 atom stereocenters. The lowest BCUT2D eigenvalue weighted by Crippen LogP contribution is -2.40. The Balaban J connectivity index is 1.57. The van der Waals surface area contributed by atoms with Crippen LogP contribution >= 0.6 is 0 Å². The fourth-order valence-electron chi connectivity index (χ4n) is 7.55. The van der Waals surface area contributed by atoms with Crippen LogP contribution in [0, 0.1) is 35.0 Å². The monoisotopic (exact) mass is 420 g/mol. The van der Waals surface area contributed by atoms with E-state index in [1.807, 2.05) is 0 Å². The summed E-state index contributed by atoms with van der Waals surface area (Å²) in [7, 11) is 0. The van der Waals surface area contributed by atoms with Crippen LogP contribution in [0.2, 0.25) is 0 Å². The van der Waals surface area contributed by atoms with Gasteiger partial charge in [0.2, 0.25) is 0 Å². The highest BCUT2D eigenvalue weighted by Gasteiger charge is 2.52. The summed E-state index contributed by atoms with van der Waals surface area (Å²) in [5.74, 6) is 3.53. The molecule has 0 saturated heterocycles. The lowest BCUT2D eigenvalue weighted by Gasteiger charge is -2.47. The molecule has 0 heterocycles. The molecule has 1 unspecified atom stereocenters. The van der Waals surface area contributed by atoms with E-state index in [1.54, 1.807) is 13.8 Å². The van der Waals surface area contributed by atoms with Crippen LogP contribution in [0.1, 0.15) is 105 Å². The second-order valence-electron chi connectivity index (χ2n) is 12.0. The summed E-state index contributed by atoms with van der Waals surface area (Å²) in [6.07, 6.45) is 13.1.